The number of benzene rings is 2. The molecule has 0 aromatic heterocycles. The van der Waals surface area contributed by atoms with E-state index in [-0.39, 0.29) is 37.0 Å². The highest BCUT2D eigenvalue weighted by Gasteiger charge is 2.40. The first-order chi connectivity index (χ1) is 17.5. The molecule has 0 saturated carbocycles. The van der Waals surface area contributed by atoms with E-state index < -0.39 is 65.5 Å². The van der Waals surface area contributed by atoms with Crippen molar-refractivity contribution in [3.05, 3.63) is 70.0 Å². The lowest BCUT2D eigenvalue weighted by Crippen LogP contribution is -2.51. The van der Waals surface area contributed by atoms with Gasteiger partial charge in [0.25, 0.3) is 0 Å². The number of rotatable bonds is 6. The fraction of sp³-hybridized carbons (Fsp3) is 0.462. The lowest BCUT2D eigenvalue weighted by Gasteiger charge is -2.41. The third kappa shape index (κ3) is 7.63. The topological polar surface area (TPSA) is 66.6 Å². The van der Waals surface area contributed by atoms with E-state index in [2.05, 4.69) is 0 Å². The number of carbonyl (C=O) groups is 2. The van der Waals surface area contributed by atoms with Gasteiger partial charge in [-0.2, -0.15) is 26.3 Å². The van der Waals surface area contributed by atoms with Crippen LogP contribution in [0, 0.1) is 18.7 Å². The second kappa shape index (κ2) is 12.1. The van der Waals surface area contributed by atoms with Gasteiger partial charge in [-0.15, -0.1) is 12.4 Å². The summed E-state index contributed by atoms with van der Waals surface area (Å²) < 4.78 is 93.4. The van der Waals surface area contributed by atoms with Crippen LogP contribution >= 0.6 is 12.4 Å². The molecule has 2 N–H and O–H groups in total. The lowest BCUT2D eigenvalue weighted by atomic mass is 9.78. The van der Waals surface area contributed by atoms with Crippen LogP contribution in [-0.4, -0.2) is 47.8 Å². The van der Waals surface area contributed by atoms with Gasteiger partial charge in [0, 0.05) is 32.0 Å². The summed E-state index contributed by atoms with van der Waals surface area (Å²) in [7, 11) is 1.31. The number of hydrogen-bond acceptors (Lipinski definition) is 3. The van der Waals surface area contributed by atoms with Crippen LogP contribution in [0.3, 0.4) is 0 Å². The van der Waals surface area contributed by atoms with Crippen molar-refractivity contribution in [2.75, 3.05) is 20.1 Å². The van der Waals surface area contributed by atoms with Crippen LogP contribution in [0.1, 0.15) is 47.1 Å². The van der Waals surface area contributed by atoms with Gasteiger partial charge in [0.1, 0.15) is 5.82 Å². The molecule has 3 atom stereocenters. The quantitative estimate of drug-likeness (QED) is 0.455. The van der Waals surface area contributed by atoms with Crippen molar-refractivity contribution in [1.29, 1.82) is 0 Å². The number of amides is 2. The van der Waals surface area contributed by atoms with Crippen LogP contribution < -0.4 is 5.73 Å². The number of likely N-dealkylation sites (tertiary alicyclic amines) is 1. The summed E-state index contributed by atoms with van der Waals surface area (Å²) in [6.07, 6.45) is -9.76. The van der Waals surface area contributed by atoms with E-state index in [1.807, 2.05) is 0 Å². The third-order valence-corrected chi connectivity index (χ3v) is 7.00. The molecule has 0 aliphatic carbocycles. The molecule has 0 spiro atoms. The van der Waals surface area contributed by atoms with Gasteiger partial charge >= 0.3 is 12.4 Å². The molecule has 2 aromatic rings. The summed E-state index contributed by atoms with van der Waals surface area (Å²) >= 11 is 0. The molecule has 5 nitrogen and oxygen atoms in total. The van der Waals surface area contributed by atoms with Crippen molar-refractivity contribution in [3.63, 3.8) is 0 Å². The molecule has 1 heterocycles. The maximum absolute atomic E-state index is 13.8. The second-order valence-corrected chi connectivity index (χ2v) is 9.68. The van der Waals surface area contributed by atoms with E-state index in [4.69, 9.17) is 5.73 Å². The summed E-state index contributed by atoms with van der Waals surface area (Å²) in [6, 6.07) is 4.67. The number of carbonyl (C=O) groups excluding carboxylic acids is 2. The van der Waals surface area contributed by atoms with Crippen molar-refractivity contribution in [2.24, 2.45) is 11.7 Å². The summed E-state index contributed by atoms with van der Waals surface area (Å²) in [6.45, 7) is 3.34. The van der Waals surface area contributed by atoms with Crippen molar-refractivity contribution in [3.8, 4) is 0 Å². The Morgan fingerprint density at radius 1 is 1.05 bits per heavy atom. The molecule has 1 unspecified atom stereocenters. The Kier molecular flexibility index (Phi) is 10.1. The van der Waals surface area contributed by atoms with Crippen LogP contribution in [0.2, 0.25) is 0 Å². The SMILES string of the molecule is Cc1cc(F)ccc1[C@@H]1CN(C(C)C(N)=O)CC[C@H]1C(=O)N(C)Cc1cc(C(F)(F)F)cc(C(F)(F)F)c1.Cl. The monoisotopic (exact) mass is 583 g/mol. The minimum absolute atomic E-state index is 0. The predicted molar refractivity (Wildman–Crippen MR) is 132 cm³/mol. The van der Waals surface area contributed by atoms with E-state index in [0.717, 1.165) is 4.90 Å². The van der Waals surface area contributed by atoms with Gasteiger partial charge in [0.15, 0.2) is 0 Å². The number of aryl methyl sites for hydroxylation is 1. The fourth-order valence-corrected chi connectivity index (χ4v) is 4.92. The number of piperidine rings is 1. The molecular weight excluding hydrogens is 555 g/mol. The lowest BCUT2D eigenvalue weighted by molar-refractivity contribution is -0.143. The van der Waals surface area contributed by atoms with E-state index >= 15 is 0 Å². The zero-order valence-corrected chi connectivity index (χ0v) is 22.2. The zero-order valence-electron chi connectivity index (χ0n) is 21.4. The minimum atomic E-state index is -5.01. The van der Waals surface area contributed by atoms with Crippen LogP contribution in [0.25, 0.3) is 0 Å². The first kappa shape index (κ1) is 32.4. The van der Waals surface area contributed by atoms with Gasteiger partial charge in [-0.05, 0) is 73.8 Å². The highest BCUT2D eigenvalue weighted by molar-refractivity contribution is 5.85. The van der Waals surface area contributed by atoms with Crippen molar-refractivity contribution in [1.82, 2.24) is 9.80 Å². The smallest absolute Gasteiger partial charge is 0.368 e. The van der Waals surface area contributed by atoms with Crippen molar-refractivity contribution in [2.45, 2.75) is 51.1 Å². The molecule has 13 heteroatoms. The van der Waals surface area contributed by atoms with Crippen LogP contribution in [0.4, 0.5) is 30.7 Å². The molecule has 3 rings (SSSR count). The Bertz CT molecular complexity index is 1170. The van der Waals surface area contributed by atoms with Crippen molar-refractivity contribution >= 4 is 24.2 Å². The fourth-order valence-electron chi connectivity index (χ4n) is 4.92. The Morgan fingerprint density at radius 3 is 2.10 bits per heavy atom. The average molecular weight is 584 g/mol. The number of hydrogen-bond donors (Lipinski definition) is 1. The van der Waals surface area contributed by atoms with Gasteiger partial charge in [0.05, 0.1) is 17.2 Å². The van der Waals surface area contributed by atoms with E-state index in [9.17, 15) is 40.3 Å². The molecule has 0 radical (unpaired) electrons. The minimum Gasteiger partial charge on any atom is -0.368 e. The maximum Gasteiger partial charge on any atom is 0.416 e. The Hall–Kier alpha value is -2.86. The zero-order chi connectivity index (χ0) is 28.6. The summed E-state index contributed by atoms with van der Waals surface area (Å²) in [5, 5.41) is 0. The Labute approximate surface area is 227 Å². The largest absolute Gasteiger partial charge is 0.416 e. The third-order valence-electron chi connectivity index (χ3n) is 7.00. The number of nitrogens with two attached hydrogens (primary N) is 1. The highest BCUT2D eigenvalue weighted by atomic mass is 35.5. The number of nitrogens with zero attached hydrogens (tertiary/aromatic N) is 2. The molecule has 216 valence electrons. The number of halogens is 8. The molecule has 2 aromatic carbocycles. The van der Waals surface area contributed by atoms with Crippen molar-refractivity contribution < 1.29 is 40.3 Å². The summed E-state index contributed by atoms with van der Waals surface area (Å²) in [4.78, 5) is 28.2. The van der Waals surface area contributed by atoms with Crippen LogP contribution in [-0.2, 0) is 28.5 Å². The van der Waals surface area contributed by atoms with Gasteiger partial charge in [-0.3, -0.25) is 14.5 Å². The molecule has 1 aliphatic rings. The molecule has 0 bridgehead atoms. The highest BCUT2D eigenvalue weighted by Crippen LogP contribution is 2.38. The standard InChI is InChI=1S/C26H28F7N3O2.ClH/c1-14-8-19(27)4-5-20(14)22-13-36(15(2)23(34)37)7-6-21(22)24(38)35(3)12-16-9-17(25(28,29)30)11-18(10-16)26(31,32)33;/h4-5,8-11,15,21-22H,6-7,12-13H2,1-3H3,(H2,34,37);1H/t15?,21-,22+;/m1./s1. The maximum atomic E-state index is 13.8. The van der Waals surface area contributed by atoms with Gasteiger partial charge < -0.3 is 10.6 Å². The summed E-state index contributed by atoms with van der Waals surface area (Å²) in [5.41, 5.74) is 3.42. The Balaban J connectivity index is 0.00000533. The first-order valence-corrected chi connectivity index (χ1v) is 11.8. The van der Waals surface area contributed by atoms with E-state index in [1.54, 1.807) is 18.7 Å². The normalized spacial score (nSPS) is 19.2. The molecule has 1 aliphatic heterocycles. The summed E-state index contributed by atoms with van der Waals surface area (Å²) in [5.74, 6) is -2.77. The molecule has 1 fully saturated rings. The molecule has 1 saturated heterocycles. The predicted octanol–water partition coefficient (Wildman–Crippen LogP) is 5.53. The van der Waals surface area contributed by atoms with Gasteiger partial charge in [-0.1, -0.05) is 6.07 Å². The average Bonchev–Trinajstić information content (AvgIpc) is 2.81. The Morgan fingerprint density at radius 2 is 1.62 bits per heavy atom. The van der Waals surface area contributed by atoms with E-state index in [1.165, 1.54) is 25.2 Å². The first-order valence-electron chi connectivity index (χ1n) is 11.8. The molecule has 39 heavy (non-hydrogen) atoms. The van der Waals surface area contributed by atoms with Crippen LogP contribution in [0.5, 0.6) is 0 Å². The van der Waals surface area contributed by atoms with E-state index in [0.29, 0.717) is 29.8 Å². The second-order valence-electron chi connectivity index (χ2n) is 9.68. The van der Waals surface area contributed by atoms with Crippen LogP contribution in [0.15, 0.2) is 36.4 Å². The molecular formula is C26H29ClF7N3O2. The number of primary amides is 1. The number of alkyl halides is 6. The van der Waals surface area contributed by atoms with Gasteiger partial charge in [-0.25, -0.2) is 4.39 Å². The molecule has 2 amide bonds. The van der Waals surface area contributed by atoms with Gasteiger partial charge in [0.2, 0.25) is 11.8 Å².